The SMILES string of the molecule is Nc1nc2c(s1)-c1nc(-c3ccccc3F)ncc1CC2. The lowest BCUT2D eigenvalue weighted by molar-refractivity contribution is 0.630. The van der Waals surface area contributed by atoms with E-state index in [9.17, 15) is 4.39 Å². The Hall–Kier alpha value is -2.34. The number of anilines is 1. The summed E-state index contributed by atoms with van der Waals surface area (Å²) in [6.45, 7) is 0. The van der Waals surface area contributed by atoms with E-state index in [0.717, 1.165) is 34.7 Å². The quantitative estimate of drug-likeness (QED) is 0.750. The lowest BCUT2D eigenvalue weighted by Crippen LogP contribution is -2.06. The van der Waals surface area contributed by atoms with Gasteiger partial charge in [0.2, 0.25) is 0 Å². The molecule has 0 unspecified atom stereocenters. The minimum Gasteiger partial charge on any atom is -0.375 e. The maximum absolute atomic E-state index is 13.9. The predicted octanol–water partition coefficient (Wildman–Crippen LogP) is 3.09. The molecule has 4 rings (SSSR count). The van der Waals surface area contributed by atoms with E-state index in [1.165, 1.54) is 17.4 Å². The van der Waals surface area contributed by atoms with Crippen LogP contribution in [-0.4, -0.2) is 15.0 Å². The van der Waals surface area contributed by atoms with Gasteiger partial charge in [-0.3, -0.25) is 0 Å². The number of nitrogens with zero attached hydrogens (tertiary/aromatic N) is 3. The Morgan fingerprint density at radius 3 is 2.86 bits per heavy atom. The Morgan fingerprint density at radius 2 is 2.00 bits per heavy atom. The molecule has 4 nitrogen and oxygen atoms in total. The van der Waals surface area contributed by atoms with Crippen molar-refractivity contribution in [2.75, 3.05) is 5.73 Å². The van der Waals surface area contributed by atoms with Crippen LogP contribution in [-0.2, 0) is 12.8 Å². The van der Waals surface area contributed by atoms with Crippen LogP contribution in [0.25, 0.3) is 22.0 Å². The molecule has 0 aliphatic heterocycles. The Morgan fingerprint density at radius 1 is 1.14 bits per heavy atom. The van der Waals surface area contributed by atoms with Crippen LogP contribution < -0.4 is 5.73 Å². The first-order chi connectivity index (χ1) is 10.2. The highest BCUT2D eigenvalue weighted by atomic mass is 32.1. The Balaban J connectivity index is 1.90. The van der Waals surface area contributed by atoms with E-state index < -0.39 is 0 Å². The van der Waals surface area contributed by atoms with Gasteiger partial charge in [-0.25, -0.2) is 19.3 Å². The molecule has 1 aromatic carbocycles. The van der Waals surface area contributed by atoms with Crippen LogP contribution in [0.1, 0.15) is 11.3 Å². The van der Waals surface area contributed by atoms with Crippen molar-refractivity contribution in [1.29, 1.82) is 0 Å². The van der Waals surface area contributed by atoms with Gasteiger partial charge >= 0.3 is 0 Å². The molecule has 1 aliphatic rings. The van der Waals surface area contributed by atoms with E-state index in [-0.39, 0.29) is 5.82 Å². The van der Waals surface area contributed by atoms with Crippen molar-refractivity contribution in [2.45, 2.75) is 12.8 Å². The molecular formula is C15H11FN4S. The number of nitrogen functional groups attached to an aromatic ring is 1. The number of fused-ring (bicyclic) bond motifs is 3. The molecule has 6 heteroatoms. The van der Waals surface area contributed by atoms with Crippen molar-refractivity contribution < 1.29 is 4.39 Å². The zero-order valence-corrected chi connectivity index (χ0v) is 11.8. The van der Waals surface area contributed by atoms with Gasteiger partial charge in [0.25, 0.3) is 0 Å². The third kappa shape index (κ3) is 1.99. The number of hydrogen-bond donors (Lipinski definition) is 1. The van der Waals surface area contributed by atoms with Crippen LogP contribution in [0.5, 0.6) is 0 Å². The van der Waals surface area contributed by atoms with E-state index >= 15 is 0 Å². The molecule has 0 spiro atoms. The van der Waals surface area contributed by atoms with Crippen LogP contribution in [0.15, 0.2) is 30.5 Å². The maximum Gasteiger partial charge on any atom is 0.180 e. The van der Waals surface area contributed by atoms with Crippen LogP contribution >= 0.6 is 11.3 Å². The van der Waals surface area contributed by atoms with Crippen molar-refractivity contribution in [3.8, 4) is 22.0 Å². The summed E-state index contributed by atoms with van der Waals surface area (Å²) >= 11 is 1.42. The smallest absolute Gasteiger partial charge is 0.180 e. The highest BCUT2D eigenvalue weighted by Gasteiger charge is 2.23. The summed E-state index contributed by atoms with van der Waals surface area (Å²) in [4.78, 5) is 14.2. The molecule has 2 aromatic heterocycles. The maximum atomic E-state index is 13.9. The molecule has 0 fully saturated rings. The zero-order valence-electron chi connectivity index (χ0n) is 11.0. The van der Waals surface area contributed by atoms with Crippen molar-refractivity contribution in [1.82, 2.24) is 15.0 Å². The van der Waals surface area contributed by atoms with Gasteiger partial charge in [0, 0.05) is 6.20 Å². The van der Waals surface area contributed by atoms with Gasteiger partial charge in [0.1, 0.15) is 5.82 Å². The fourth-order valence-corrected chi connectivity index (χ4v) is 3.44. The normalized spacial score (nSPS) is 12.8. The summed E-state index contributed by atoms with van der Waals surface area (Å²) < 4.78 is 13.9. The highest BCUT2D eigenvalue weighted by Crippen LogP contribution is 2.38. The van der Waals surface area contributed by atoms with Crippen molar-refractivity contribution in [2.24, 2.45) is 0 Å². The monoisotopic (exact) mass is 298 g/mol. The molecule has 1 aliphatic carbocycles. The number of benzene rings is 1. The van der Waals surface area contributed by atoms with Crippen molar-refractivity contribution >= 4 is 16.5 Å². The van der Waals surface area contributed by atoms with E-state index in [4.69, 9.17) is 5.73 Å². The third-order valence-corrected chi connectivity index (χ3v) is 4.47. The average molecular weight is 298 g/mol. The fourth-order valence-electron chi connectivity index (χ4n) is 2.54. The largest absolute Gasteiger partial charge is 0.375 e. The number of thiazole rings is 1. The minimum absolute atomic E-state index is 0.322. The average Bonchev–Trinajstić information content (AvgIpc) is 2.88. The summed E-state index contributed by atoms with van der Waals surface area (Å²) in [5, 5.41) is 0.541. The van der Waals surface area contributed by atoms with Crippen molar-refractivity contribution in [3.63, 3.8) is 0 Å². The minimum atomic E-state index is -0.322. The van der Waals surface area contributed by atoms with Crippen LogP contribution in [0, 0.1) is 5.82 Å². The van der Waals surface area contributed by atoms with Gasteiger partial charge in [-0.2, -0.15) is 0 Å². The molecule has 0 amide bonds. The second-order valence-corrected chi connectivity index (χ2v) is 5.91. The van der Waals surface area contributed by atoms with E-state index in [1.807, 2.05) is 0 Å². The lowest BCUT2D eigenvalue weighted by atomic mass is 9.99. The first-order valence-electron chi connectivity index (χ1n) is 6.59. The number of hydrogen-bond acceptors (Lipinski definition) is 5. The molecule has 0 atom stereocenters. The van der Waals surface area contributed by atoms with Crippen LogP contribution in [0.2, 0.25) is 0 Å². The second kappa shape index (κ2) is 4.60. The molecule has 2 heterocycles. The van der Waals surface area contributed by atoms with Gasteiger partial charge in [-0.05, 0) is 30.5 Å². The number of aryl methyl sites for hydroxylation is 2. The Kier molecular flexibility index (Phi) is 2.71. The topological polar surface area (TPSA) is 64.7 Å². The number of rotatable bonds is 1. The Bertz CT molecular complexity index is 843. The molecule has 0 bridgehead atoms. The Labute approximate surface area is 124 Å². The summed E-state index contributed by atoms with van der Waals surface area (Å²) in [7, 11) is 0. The van der Waals surface area contributed by atoms with Crippen LogP contribution in [0.4, 0.5) is 9.52 Å². The molecular weight excluding hydrogens is 287 g/mol. The first kappa shape index (κ1) is 12.4. The summed E-state index contributed by atoms with van der Waals surface area (Å²) in [5.74, 6) is 0.0731. The number of aromatic nitrogens is 3. The fraction of sp³-hybridized carbons (Fsp3) is 0.133. The lowest BCUT2D eigenvalue weighted by Gasteiger charge is -2.14. The summed E-state index contributed by atoms with van der Waals surface area (Å²) in [6, 6.07) is 6.52. The highest BCUT2D eigenvalue weighted by molar-refractivity contribution is 7.18. The predicted molar refractivity (Wildman–Crippen MR) is 80.4 cm³/mol. The number of nitrogens with two attached hydrogens (primary N) is 1. The molecule has 0 radical (unpaired) electrons. The first-order valence-corrected chi connectivity index (χ1v) is 7.40. The van der Waals surface area contributed by atoms with Gasteiger partial charge in [0.15, 0.2) is 11.0 Å². The third-order valence-electron chi connectivity index (χ3n) is 3.54. The van der Waals surface area contributed by atoms with Gasteiger partial charge in [-0.15, -0.1) is 0 Å². The van der Waals surface area contributed by atoms with E-state index in [2.05, 4.69) is 15.0 Å². The van der Waals surface area contributed by atoms with Crippen molar-refractivity contribution in [3.05, 3.63) is 47.5 Å². The summed E-state index contributed by atoms with van der Waals surface area (Å²) in [6.07, 6.45) is 3.46. The van der Waals surface area contributed by atoms with Crippen LogP contribution in [0.3, 0.4) is 0 Å². The van der Waals surface area contributed by atoms with Gasteiger partial charge in [0.05, 0.1) is 21.8 Å². The number of halogens is 1. The second-order valence-electron chi connectivity index (χ2n) is 4.88. The molecule has 0 saturated carbocycles. The van der Waals surface area contributed by atoms with Gasteiger partial charge < -0.3 is 5.73 Å². The van der Waals surface area contributed by atoms with E-state index in [1.54, 1.807) is 24.4 Å². The van der Waals surface area contributed by atoms with Gasteiger partial charge in [-0.1, -0.05) is 23.5 Å². The molecule has 21 heavy (non-hydrogen) atoms. The molecule has 0 saturated heterocycles. The summed E-state index contributed by atoms with van der Waals surface area (Å²) in [5.41, 5.74) is 9.07. The molecule has 3 aromatic rings. The molecule has 104 valence electrons. The molecule has 2 N–H and O–H groups in total. The standard InChI is InChI=1S/C15H11FN4S/c16-10-4-2-1-3-9(10)14-18-7-8-5-6-11-13(12(8)20-14)21-15(17)19-11/h1-4,7H,5-6H2,(H2,17,19). The zero-order chi connectivity index (χ0) is 14.4. The van der Waals surface area contributed by atoms with E-state index in [0.29, 0.717) is 16.5 Å².